The lowest BCUT2D eigenvalue weighted by atomic mass is 10.2. The van der Waals surface area contributed by atoms with Gasteiger partial charge in [-0.05, 0) is 32.0 Å². The van der Waals surface area contributed by atoms with Gasteiger partial charge in [0.2, 0.25) is 10.0 Å². The van der Waals surface area contributed by atoms with Crippen LogP contribution in [-0.4, -0.2) is 53.1 Å². The van der Waals surface area contributed by atoms with E-state index in [4.69, 9.17) is 4.74 Å². The number of hydrogen-bond donors (Lipinski definition) is 2. The van der Waals surface area contributed by atoms with Crippen LogP contribution in [0.3, 0.4) is 0 Å². The second-order valence-corrected chi connectivity index (χ2v) is 8.38. The van der Waals surface area contributed by atoms with E-state index < -0.39 is 10.0 Å². The molecule has 0 fully saturated rings. The number of nitrogens with zero attached hydrogens (tertiary/aromatic N) is 2. The van der Waals surface area contributed by atoms with Crippen LogP contribution in [0.5, 0.6) is 5.75 Å². The zero-order valence-electron chi connectivity index (χ0n) is 17.5. The van der Waals surface area contributed by atoms with E-state index in [0.717, 1.165) is 16.9 Å². The Morgan fingerprint density at radius 2 is 1.83 bits per heavy atom. The second-order valence-electron chi connectivity index (χ2n) is 6.61. The number of guanidine groups is 1. The number of aryl methyl sites for hydroxylation is 1. The third-order valence-electron chi connectivity index (χ3n) is 4.29. The van der Waals surface area contributed by atoms with Crippen molar-refractivity contribution >= 4 is 16.0 Å². The van der Waals surface area contributed by atoms with E-state index >= 15 is 0 Å². The molecule has 0 aliphatic carbocycles. The highest BCUT2D eigenvalue weighted by Crippen LogP contribution is 2.18. The summed E-state index contributed by atoms with van der Waals surface area (Å²) in [6, 6.07) is 14.6. The summed E-state index contributed by atoms with van der Waals surface area (Å²) in [4.78, 5) is 6.78. The maximum Gasteiger partial charge on any atom is 0.240 e. The summed E-state index contributed by atoms with van der Waals surface area (Å²) >= 11 is 0. The first kappa shape index (κ1) is 22.7. The van der Waals surface area contributed by atoms with Crippen molar-refractivity contribution in [3.63, 3.8) is 0 Å². The minimum atomic E-state index is -3.53. The molecule has 0 radical (unpaired) electrons. The summed E-state index contributed by atoms with van der Waals surface area (Å²) in [5.41, 5.74) is 2.06. The van der Waals surface area contributed by atoms with Gasteiger partial charge in [0, 0.05) is 32.2 Å². The predicted octanol–water partition coefficient (Wildman–Crippen LogP) is 2.38. The average molecular weight is 419 g/mol. The molecule has 0 spiro atoms. The van der Waals surface area contributed by atoms with Crippen LogP contribution in [0.25, 0.3) is 0 Å². The van der Waals surface area contributed by atoms with E-state index in [2.05, 4.69) is 15.0 Å². The maximum atomic E-state index is 12.4. The fraction of sp³-hybridized carbons (Fsp3) is 0.381. The highest BCUT2D eigenvalue weighted by atomic mass is 32.2. The summed E-state index contributed by atoms with van der Waals surface area (Å²) in [7, 11) is 0.0511. The van der Waals surface area contributed by atoms with Gasteiger partial charge in [-0.1, -0.05) is 35.9 Å². The molecule has 0 aliphatic heterocycles. The Hall–Kier alpha value is -2.58. The molecule has 0 atom stereocenters. The number of methoxy groups -OCH3 is 1. The summed E-state index contributed by atoms with van der Waals surface area (Å²) in [5, 5.41) is 3.23. The first-order chi connectivity index (χ1) is 13.9. The van der Waals surface area contributed by atoms with Crippen molar-refractivity contribution < 1.29 is 13.2 Å². The summed E-state index contributed by atoms with van der Waals surface area (Å²) < 4.78 is 32.7. The Balaban J connectivity index is 1.98. The lowest BCUT2D eigenvalue weighted by Gasteiger charge is -2.23. The van der Waals surface area contributed by atoms with Gasteiger partial charge in [-0.15, -0.1) is 0 Å². The van der Waals surface area contributed by atoms with Crippen LogP contribution in [0.4, 0.5) is 0 Å². The van der Waals surface area contributed by atoms with E-state index in [9.17, 15) is 8.42 Å². The number of aliphatic imine (C=N–C) groups is 1. The maximum absolute atomic E-state index is 12.4. The number of hydrogen-bond acceptors (Lipinski definition) is 4. The molecule has 0 amide bonds. The highest BCUT2D eigenvalue weighted by molar-refractivity contribution is 7.89. The van der Waals surface area contributed by atoms with Crippen molar-refractivity contribution in [2.45, 2.75) is 25.3 Å². The smallest absolute Gasteiger partial charge is 0.240 e. The SMILES string of the molecule is CCNC(=NCCNS(=O)(=O)c1ccc(C)cc1)N(C)Cc1ccccc1OC. The van der Waals surface area contributed by atoms with E-state index in [1.165, 1.54) is 0 Å². The molecule has 0 heterocycles. The third kappa shape index (κ3) is 6.76. The molecule has 0 bridgehead atoms. The molecule has 8 heteroatoms. The van der Waals surface area contributed by atoms with E-state index in [-0.39, 0.29) is 11.4 Å². The van der Waals surface area contributed by atoms with Gasteiger partial charge in [-0.25, -0.2) is 13.1 Å². The number of rotatable bonds is 9. The monoisotopic (exact) mass is 418 g/mol. The Morgan fingerprint density at radius 3 is 2.48 bits per heavy atom. The highest BCUT2D eigenvalue weighted by Gasteiger charge is 2.13. The molecule has 0 aromatic heterocycles. The standard InChI is InChI=1S/C21H30N4O3S/c1-5-22-21(25(3)16-18-8-6-7-9-20(18)28-4)23-14-15-24-29(26,27)19-12-10-17(2)11-13-19/h6-13,24H,5,14-16H2,1-4H3,(H,22,23). The van der Waals surface area contributed by atoms with Gasteiger partial charge in [-0.2, -0.15) is 0 Å². The van der Waals surface area contributed by atoms with Crippen LogP contribution < -0.4 is 14.8 Å². The molecule has 0 aliphatic rings. The molecule has 2 N–H and O–H groups in total. The van der Waals surface area contributed by atoms with E-state index in [0.29, 0.717) is 25.6 Å². The predicted molar refractivity (Wildman–Crippen MR) is 117 cm³/mol. The van der Waals surface area contributed by atoms with E-state index in [1.54, 1.807) is 31.4 Å². The van der Waals surface area contributed by atoms with Crippen molar-refractivity contribution in [2.75, 3.05) is 33.8 Å². The molecule has 0 saturated heterocycles. The average Bonchev–Trinajstić information content (AvgIpc) is 2.71. The molecule has 158 valence electrons. The van der Waals surface area contributed by atoms with Crippen molar-refractivity contribution in [3.05, 3.63) is 59.7 Å². The fourth-order valence-electron chi connectivity index (χ4n) is 2.78. The van der Waals surface area contributed by atoms with Crippen LogP contribution in [-0.2, 0) is 16.6 Å². The zero-order chi connectivity index (χ0) is 21.3. The summed E-state index contributed by atoms with van der Waals surface area (Å²) in [6.07, 6.45) is 0. The quantitative estimate of drug-likeness (QED) is 0.371. The van der Waals surface area contributed by atoms with Crippen LogP contribution in [0.15, 0.2) is 58.4 Å². The minimum Gasteiger partial charge on any atom is -0.496 e. The molecule has 0 saturated carbocycles. The normalized spacial score (nSPS) is 11.9. The van der Waals surface area contributed by atoms with Gasteiger partial charge in [0.05, 0.1) is 18.6 Å². The minimum absolute atomic E-state index is 0.216. The van der Waals surface area contributed by atoms with E-state index in [1.807, 2.05) is 50.1 Å². The Labute approximate surface area is 173 Å². The van der Waals surface area contributed by atoms with Gasteiger partial charge < -0.3 is 15.0 Å². The zero-order valence-corrected chi connectivity index (χ0v) is 18.3. The molecular formula is C21H30N4O3S. The van der Waals surface area contributed by atoms with Crippen molar-refractivity contribution in [1.82, 2.24) is 14.9 Å². The topological polar surface area (TPSA) is 83.0 Å². The van der Waals surface area contributed by atoms with Gasteiger partial charge >= 0.3 is 0 Å². The van der Waals surface area contributed by atoms with Gasteiger partial charge in [0.25, 0.3) is 0 Å². The molecule has 2 rings (SSSR count). The number of benzene rings is 2. The Bertz CT molecular complexity index is 912. The second kappa shape index (κ2) is 10.8. The van der Waals surface area contributed by atoms with Crippen LogP contribution in [0.1, 0.15) is 18.1 Å². The Morgan fingerprint density at radius 1 is 1.14 bits per heavy atom. The molecule has 7 nitrogen and oxygen atoms in total. The molecule has 0 unspecified atom stereocenters. The number of ether oxygens (including phenoxy) is 1. The van der Waals surface area contributed by atoms with Gasteiger partial charge in [0.1, 0.15) is 5.75 Å². The van der Waals surface area contributed by atoms with Crippen molar-refractivity contribution in [1.29, 1.82) is 0 Å². The molecule has 2 aromatic rings. The van der Waals surface area contributed by atoms with Crippen molar-refractivity contribution in [2.24, 2.45) is 4.99 Å². The fourth-order valence-corrected chi connectivity index (χ4v) is 3.80. The first-order valence-corrected chi connectivity index (χ1v) is 11.0. The lowest BCUT2D eigenvalue weighted by Crippen LogP contribution is -2.39. The van der Waals surface area contributed by atoms with Crippen LogP contribution >= 0.6 is 0 Å². The summed E-state index contributed by atoms with van der Waals surface area (Å²) in [6.45, 7) is 5.78. The number of nitrogens with one attached hydrogen (secondary N) is 2. The van der Waals surface area contributed by atoms with Gasteiger partial charge in [-0.3, -0.25) is 4.99 Å². The van der Waals surface area contributed by atoms with Crippen LogP contribution in [0, 0.1) is 6.92 Å². The molecular weight excluding hydrogens is 388 g/mol. The third-order valence-corrected chi connectivity index (χ3v) is 5.77. The number of para-hydroxylation sites is 1. The first-order valence-electron chi connectivity index (χ1n) is 9.55. The lowest BCUT2D eigenvalue weighted by molar-refractivity contribution is 0.396. The molecule has 2 aromatic carbocycles. The van der Waals surface area contributed by atoms with Gasteiger partial charge in [0.15, 0.2) is 5.96 Å². The largest absolute Gasteiger partial charge is 0.496 e. The van der Waals surface area contributed by atoms with Crippen molar-refractivity contribution in [3.8, 4) is 5.75 Å². The van der Waals surface area contributed by atoms with Crippen LogP contribution in [0.2, 0.25) is 0 Å². The number of sulfonamides is 1. The summed E-state index contributed by atoms with van der Waals surface area (Å²) in [5.74, 6) is 1.52. The molecule has 29 heavy (non-hydrogen) atoms. The Kier molecular flexibility index (Phi) is 8.48.